The van der Waals surface area contributed by atoms with Crippen molar-refractivity contribution in [1.82, 2.24) is 10.2 Å². The molecule has 1 atom stereocenters. The van der Waals surface area contributed by atoms with Crippen LogP contribution in [0.1, 0.15) is 65.2 Å². The average molecular weight is 252 g/mol. The van der Waals surface area contributed by atoms with Crippen molar-refractivity contribution in [3.8, 4) is 0 Å². The van der Waals surface area contributed by atoms with Crippen LogP contribution in [0.2, 0.25) is 0 Å². The van der Waals surface area contributed by atoms with Crippen LogP contribution in [0.15, 0.2) is 0 Å². The van der Waals surface area contributed by atoms with E-state index in [9.17, 15) is 0 Å². The van der Waals surface area contributed by atoms with Crippen molar-refractivity contribution in [2.45, 2.75) is 76.8 Å². The summed E-state index contributed by atoms with van der Waals surface area (Å²) in [4.78, 5) is 2.85. The van der Waals surface area contributed by atoms with Crippen molar-refractivity contribution in [3.05, 3.63) is 0 Å². The molecule has 2 nitrogen and oxygen atoms in total. The van der Waals surface area contributed by atoms with Gasteiger partial charge in [0.1, 0.15) is 0 Å². The van der Waals surface area contributed by atoms with Gasteiger partial charge in [0.25, 0.3) is 0 Å². The lowest BCUT2D eigenvalue weighted by Crippen LogP contribution is -2.60. The summed E-state index contributed by atoms with van der Waals surface area (Å²) in [7, 11) is 2.18. The van der Waals surface area contributed by atoms with Crippen molar-refractivity contribution < 1.29 is 0 Å². The maximum Gasteiger partial charge on any atom is 0.0362 e. The minimum atomic E-state index is 0.486. The smallest absolute Gasteiger partial charge is 0.0362 e. The number of nitrogens with one attached hydrogen (secondary N) is 1. The van der Waals surface area contributed by atoms with Gasteiger partial charge in [-0.25, -0.2) is 0 Å². The van der Waals surface area contributed by atoms with Gasteiger partial charge in [0, 0.05) is 11.6 Å². The second-order valence-corrected chi connectivity index (χ2v) is 6.83. The van der Waals surface area contributed by atoms with Gasteiger partial charge in [-0.3, -0.25) is 4.90 Å². The lowest BCUT2D eigenvalue weighted by molar-refractivity contribution is 0.0326. The zero-order valence-electron chi connectivity index (χ0n) is 12.7. The van der Waals surface area contributed by atoms with Gasteiger partial charge in [0.15, 0.2) is 0 Å². The second kappa shape index (κ2) is 6.38. The van der Waals surface area contributed by atoms with E-state index in [2.05, 4.69) is 31.1 Å². The molecule has 0 radical (unpaired) electrons. The molecule has 0 amide bonds. The number of likely N-dealkylation sites (N-methyl/N-ethyl adjacent to an activating group) is 1. The van der Waals surface area contributed by atoms with E-state index in [1.807, 2.05) is 0 Å². The predicted octanol–water partition coefficient (Wildman–Crippen LogP) is 3.42. The van der Waals surface area contributed by atoms with E-state index in [1.165, 1.54) is 64.5 Å². The molecule has 106 valence electrons. The van der Waals surface area contributed by atoms with Crippen molar-refractivity contribution in [2.75, 3.05) is 20.1 Å². The second-order valence-electron chi connectivity index (χ2n) is 6.83. The fourth-order valence-electron chi connectivity index (χ4n) is 4.29. The largest absolute Gasteiger partial charge is 0.315 e. The molecule has 1 N–H and O–H groups in total. The molecule has 2 heteroatoms. The van der Waals surface area contributed by atoms with Crippen LogP contribution in [0.5, 0.6) is 0 Å². The van der Waals surface area contributed by atoms with Crippen LogP contribution in [0, 0.1) is 5.92 Å². The van der Waals surface area contributed by atoms with Gasteiger partial charge in [-0.1, -0.05) is 33.1 Å². The highest BCUT2D eigenvalue weighted by atomic mass is 15.2. The third-order valence-corrected chi connectivity index (χ3v) is 5.16. The molecule has 1 aliphatic carbocycles. The molecular formula is C16H32N2. The van der Waals surface area contributed by atoms with E-state index in [4.69, 9.17) is 0 Å². The van der Waals surface area contributed by atoms with Gasteiger partial charge < -0.3 is 5.32 Å². The normalized spacial score (nSPS) is 26.7. The summed E-state index contributed by atoms with van der Waals surface area (Å²) in [6.45, 7) is 7.42. The SMILES string of the molecule is CNC(CC(C)C)C1(N2CCCCC2)CCCC1. The summed E-state index contributed by atoms with van der Waals surface area (Å²) < 4.78 is 0. The molecule has 0 aromatic rings. The molecule has 1 heterocycles. The Morgan fingerprint density at radius 1 is 1.00 bits per heavy atom. The Balaban J connectivity index is 2.13. The molecule has 2 aliphatic rings. The van der Waals surface area contributed by atoms with Crippen molar-refractivity contribution >= 4 is 0 Å². The van der Waals surface area contributed by atoms with E-state index in [0.717, 1.165) is 5.92 Å². The maximum absolute atomic E-state index is 3.67. The number of hydrogen-bond acceptors (Lipinski definition) is 2. The monoisotopic (exact) mass is 252 g/mol. The van der Waals surface area contributed by atoms with Gasteiger partial charge in [0.05, 0.1) is 0 Å². The molecule has 2 fully saturated rings. The number of hydrogen-bond donors (Lipinski definition) is 1. The quantitative estimate of drug-likeness (QED) is 0.806. The lowest BCUT2D eigenvalue weighted by atomic mass is 9.80. The first-order chi connectivity index (χ1) is 8.69. The Bertz CT molecular complexity index is 237. The zero-order chi connectivity index (χ0) is 13.0. The summed E-state index contributed by atoms with van der Waals surface area (Å²) in [5, 5.41) is 3.67. The first-order valence-electron chi connectivity index (χ1n) is 8.11. The van der Waals surface area contributed by atoms with Crippen molar-refractivity contribution in [3.63, 3.8) is 0 Å². The minimum Gasteiger partial charge on any atom is -0.315 e. The summed E-state index contributed by atoms with van der Waals surface area (Å²) in [6.07, 6.45) is 11.3. The average Bonchev–Trinajstić information content (AvgIpc) is 2.87. The lowest BCUT2D eigenvalue weighted by Gasteiger charge is -2.49. The minimum absolute atomic E-state index is 0.486. The van der Waals surface area contributed by atoms with Crippen LogP contribution >= 0.6 is 0 Å². The summed E-state index contributed by atoms with van der Waals surface area (Å²) in [6, 6.07) is 0.693. The highest BCUT2D eigenvalue weighted by Gasteiger charge is 2.45. The first kappa shape index (κ1) is 14.3. The Hall–Kier alpha value is -0.0800. The summed E-state index contributed by atoms with van der Waals surface area (Å²) >= 11 is 0. The van der Waals surface area contributed by atoms with E-state index in [1.54, 1.807) is 0 Å². The number of rotatable bonds is 5. The molecule has 1 unspecified atom stereocenters. The van der Waals surface area contributed by atoms with Gasteiger partial charge in [-0.05, 0) is 58.2 Å². The van der Waals surface area contributed by atoms with E-state index >= 15 is 0 Å². The van der Waals surface area contributed by atoms with Crippen LogP contribution in [0.3, 0.4) is 0 Å². The molecule has 0 bridgehead atoms. The first-order valence-corrected chi connectivity index (χ1v) is 8.11. The third-order valence-electron chi connectivity index (χ3n) is 5.16. The van der Waals surface area contributed by atoms with Crippen LogP contribution < -0.4 is 5.32 Å². The maximum atomic E-state index is 3.67. The molecule has 1 aliphatic heterocycles. The Kier molecular flexibility index (Phi) is 5.08. The topological polar surface area (TPSA) is 15.3 Å². The third kappa shape index (κ3) is 2.91. The molecule has 1 saturated carbocycles. The van der Waals surface area contributed by atoms with Gasteiger partial charge >= 0.3 is 0 Å². The van der Waals surface area contributed by atoms with E-state index in [0.29, 0.717) is 11.6 Å². The van der Waals surface area contributed by atoms with Crippen LogP contribution in [-0.2, 0) is 0 Å². The van der Waals surface area contributed by atoms with E-state index in [-0.39, 0.29) is 0 Å². The highest BCUT2D eigenvalue weighted by molar-refractivity contribution is 5.04. The van der Waals surface area contributed by atoms with Crippen LogP contribution in [-0.4, -0.2) is 36.6 Å². The Morgan fingerprint density at radius 3 is 2.11 bits per heavy atom. The fraction of sp³-hybridized carbons (Fsp3) is 1.00. The highest BCUT2D eigenvalue weighted by Crippen LogP contribution is 2.41. The van der Waals surface area contributed by atoms with Gasteiger partial charge in [0.2, 0.25) is 0 Å². The molecular weight excluding hydrogens is 220 g/mol. The number of nitrogens with zero attached hydrogens (tertiary/aromatic N) is 1. The van der Waals surface area contributed by atoms with Gasteiger partial charge in [-0.15, -0.1) is 0 Å². The number of likely N-dealkylation sites (tertiary alicyclic amines) is 1. The Morgan fingerprint density at radius 2 is 1.61 bits per heavy atom. The predicted molar refractivity (Wildman–Crippen MR) is 78.9 cm³/mol. The molecule has 0 spiro atoms. The van der Waals surface area contributed by atoms with Crippen LogP contribution in [0.25, 0.3) is 0 Å². The molecule has 0 aromatic heterocycles. The summed E-state index contributed by atoms with van der Waals surface area (Å²) in [5.74, 6) is 0.796. The van der Waals surface area contributed by atoms with Crippen LogP contribution in [0.4, 0.5) is 0 Å². The molecule has 18 heavy (non-hydrogen) atoms. The standard InChI is InChI=1S/C16H32N2/c1-14(2)13-15(17-3)16(9-5-6-10-16)18-11-7-4-8-12-18/h14-15,17H,4-13H2,1-3H3. The van der Waals surface area contributed by atoms with Crippen molar-refractivity contribution in [2.24, 2.45) is 5.92 Å². The zero-order valence-corrected chi connectivity index (χ0v) is 12.7. The fourth-order valence-corrected chi connectivity index (χ4v) is 4.29. The van der Waals surface area contributed by atoms with Gasteiger partial charge in [-0.2, -0.15) is 0 Å². The van der Waals surface area contributed by atoms with E-state index < -0.39 is 0 Å². The molecule has 0 aromatic carbocycles. The molecule has 2 rings (SSSR count). The molecule has 1 saturated heterocycles. The Labute approximate surface area is 114 Å². The van der Waals surface area contributed by atoms with Crippen molar-refractivity contribution in [1.29, 1.82) is 0 Å². The number of piperidine rings is 1. The summed E-state index contributed by atoms with van der Waals surface area (Å²) in [5.41, 5.74) is 0.486.